The maximum atomic E-state index is 12.0. The van der Waals surface area contributed by atoms with Gasteiger partial charge in [-0.2, -0.15) is 0 Å². The van der Waals surface area contributed by atoms with Gasteiger partial charge in [-0.3, -0.25) is 5.32 Å². The molecule has 1 N–H and O–H groups in total. The lowest BCUT2D eigenvalue weighted by Gasteiger charge is -2.30. The van der Waals surface area contributed by atoms with Crippen molar-refractivity contribution < 1.29 is 18.7 Å². The van der Waals surface area contributed by atoms with E-state index in [-0.39, 0.29) is 12.2 Å². The van der Waals surface area contributed by atoms with Gasteiger partial charge in [0.05, 0.1) is 23.5 Å². The van der Waals surface area contributed by atoms with Gasteiger partial charge in [0.1, 0.15) is 0 Å². The monoisotopic (exact) mass is 476 g/mol. The Morgan fingerprint density at radius 2 is 2.00 bits per heavy atom. The molecule has 184 valence electrons. The van der Waals surface area contributed by atoms with Gasteiger partial charge in [-0.25, -0.2) is 4.79 Å². The fourth-order valence-corrected chi connectivity index (χ4v) is 4.81. The quantitative estimate of drug-likeness (QED) is 0.537. The Labute approximate surface area is 204 Å². The Morgan fingerprint density at radius 3 is 2.60 bits per heavy atom. The molecule has 8 nitrogen and oxygen atoms in total. The molecule has 1 unspecified atom stereocenters. The molecule has 1 aromatic carbocycles. The number of benzene rings is 1. The van der Waals surface area contributed by atoms with Crippen LogP contribution in [0.3, 0.4) is 0 Å². The summed E-state index contributed by atoms with van der Waals surface area (Å²) in [6, 6.07) is 8.24. The van der Waals surface area contributed by atoms with E-state index < -0.39 is 6.09 Å². The highest BCUT2D eigenvalue weighted by Gasteiger charge is 2.30. The number of amides is 1. The zero-order valence-electron chi connectivity index (χ0n) is 20.7. The van der Waals surface area contributed by atoms with Gasteiger partial charge in [0, 0.05) is 35.8 Å². The molecule has 0 radical (unpaired) electrons. The third kappa shape index (κ3) is 4.62. The highest BCUT2D eigenvalue weighted by atomic mass is 16.6. The van der Waals surface area contributed by atoms with E-state index in [0.29, 0.717) is 30.1 Å². The van der Waals surface area contributed by atoms with Crippen LogP contribution in [-0.2, 0) is 9.47 Å². The molecule has 0 spiro atoms. The molecule has 2 heterocycles. The lowest BCUT2D eigenvalue weighted by Crippen LogP contribution is -2.38. The summed E-state index contributed by atoms with van der Waals surface area (Å²) in [5.41, 5.74) is 3.72. The second-order valence-electron chi connectivity index (χ2n) is 9.36. The van der Waals surface area contributed by atoms with Crippen LogP contribution in [0, 0.1) is 6.92 Å². The van der Waals surface area contributed by atoms with Gasteiger partial charge in [0.2, 0.25) is 5.89 Å². The molecule has 2 aliphatic carbocycles. The lowest BCUT2D eigenvalue weighted by atomic mass is 9.92. The van der Waals surface area contributed by atoms with E-state index >= 15 is 0 Å². The first kappa shape index (κ1) is 23.4. The number of aromatic nitrogens is 3. The molecule has 0 bridgehead atoms. The number of ether oxygens (including phenoxy) is 2. The second kappa shape index (κ2) is 9.70. The smallest absolute Gasteiger partial charge is 0.411 e. The van der Waals surface area contributed by atoms with Crippen molar-refractivity contribution in [2.75, 3.05) is 11.9 Å². The normalized spacial score (nSPS) is 17.3. The van der Waals surface area contributed by atoms with Crippen molar-refractivity contribution >= 4 is 23.9 Å². The molecule has 5 rings (SSSR count). The Hall–Kier alpha value is -3.39. The lowest BCUT2D eigenvalue weighted by molar-refractivity contribution is 0.110. The van der Waals surface area contributed by atoms with Crippen LogP contribution >= 0.6 is 0 Å². The molecule has 2 aliphatic rings. The van der Waals surface area contributed by atoms with Crippen LogP contribution in [-0.4, -0.2) is 39.7 Å². The van der Waals surface area contributed by atoms with Crippen LogP contribution in [0.25, 0.3) is 34.9 Å². The van der Waals surface area contributed by atoms with Crippen molar-refractivity contribution in [3.63, 3.8) is 0 Å². The molecular formula is C27H32N4O4. The van der Waals surface area contributed by atoms with Crippen molar-refractivity contribution in [1.82, 2.24) is 14.8 Å². The fourth-order valence-electron chi connectivity index (χ4n) is 4.81. The fraction of sp³-hybridized carbons (Fsp3) is 0.444. The third-order valence-electron chi connectivity index (χ3n) is 6.49. The van der Waals surface area contributed by atoms with Gasteiger partial charge >= 0.3 is 6.09 Å². The van der Waals surface area contributed by atoms with E-state index in [9.17, 15) is 4.79 Å². The van der Waals surface area contributed by atoms with Crippen molar-refractivity contribution in [3.8, 4) is 22.7 Å². The topological polar surface area (TPSA) is 91.4 Å². The predicted molar refractivity (Wildman–Crippen MR) is 134 cm³/mol. The molecule has 2 aromatic heterocycles. The van der Waals surface area contributed by atoms with Crippen LogP contribution in [0.15, 0.2) is 28.7 Å². The van der Waals surface area contributed by atoms with Crippen LogP contribution in [0.4, 0.5) is 10.5 Å². The first-order chi connectivity index (χ1) is 16.9. The largest absolute Gasteiger partial charge is 0.447 e. The zero-order chi connectivity index (χ0) is 24.5. The summed E-state index contributed by atoms with van der Waals surface area (Å²) in [4.78, 5) is 12.0. The minimum atomic E-state index is -0.464. The molecule has 35 heavy (non-hydrogen) atoms. The maximum absolute atomic E-state index is 12.0. The number of anilines is 1. The van der Waals surface area contributed by atoms with Gasteiger partial charge in [-0.05, 0) is 70.2 Å². The molecule has 3 aromatic rings. The summed E-state index contributed by atoms with van der Waals surface area (Å²) >= 11 is 0. The number of rotatable bonds is 7. The SMILES string of the molecule is CCOC1C=c2c(c(-c3nnc(C)o3)c(-c3ccc(NC(=O)OC(C)C)cc3)n2C2CCC2)=CC1. The number of nitrogens with one attached hydrogen (secondary N) is 1. The predicted octanol–water partition coefficient (Wildman–Crippen LogP) is 4.57. The van der Waals surface area contributed by atoms with Gasteiger partial charge in [0.15, 0.2) is 0 Å². The van der Waals surface area contributed by atoms with Crippen LogP contribution in [0.1, 0.15) is 58.4 Å². The summed E-state index contributed by atoms with van der Waals surface area (Å²) in [6.45, 7) is 8.15. The van der Waals surface area contributed by atoms with E-state index in [1.165, 1.54) is 6.42 Å². The molecule has 8 heteroatoms. The summed E-state index contributed by atoms with van der Waals surface area (Å²) < 4.78 is 19.6. The Bertz CT molecular complexity index is 1330. The highest BCUT2D eigenvalue weighted by Crippen LogP contribution is 2.38. The molecule has 1 atom stereocenters. The van der Waals surface area contributed by atoms with Gasteiger partial charge in [-0.1, -0.05) is 18.2 Å². The molecule has 0 aliphatic heterocycles. The minimum Gasteiger partial charge on any atom is -0.447 e. The number of carbonyl (C=O) groups excluding carboxylic acids is 1. The van der Waals surface area contributed by atoms with E-state index in [1.54, 1.807) is 0 Å². The Kier molecular flexibility index (Phi) is 6.47. The molecule has 1 fully saturated rings. The number of fused-ring (bicyclic) bond motifs is 1. The van der Waals surface area contributed by atoms with Crippen molar-refractivity contribution in [2.45, 2.75) is 71.6 Å². The maximum Gasteiger partial charge on any atom is 0.411 e. The molecule has 1 saturated carbocycles. The Morgan fingerprint density at radius 1 is 1.23 bits per heavy atom. The standard InChI is InChI=1S/C27H32N4O4/c1-5-33-21-13-14-22-23(15-21)31(20-7-6-8-20)25(24(22)26-30-29-17(4)35-26)18-9-11-19(12-10-18)28-27(32)34-16(2)3/h9-12,14-16,20-21H,5-8,13H2,1-4H3,(H,28,32). The number of hydrogen-bond acceptors (Lipinski definition) is 6. The molecule has 1 amide bonds. The number of hydrogen-bond donors (Lipinski definition) is 1. The van der Waals surface area contributed by atoms with Crippen molar-refractivity contribution in [1.29, 1.82) is 0 Å². The summed E-state index contributed by atoms with van der Waals surface area (Å²) in [5, 5.41) is 13.6. The van der Waals surface area contributed by atoms with Gasteiger partial charge in [-0.15, -0.1) is 10.2 Å². The van der Waals surface area contributed by atoms with Crippen molar-refractivity contribution in [3.05, 3.63) is 40.7 Å². The summed E-state index contributed by atoms with van der Waals surface area (Å²) in [7, 11) is 0. The zero-order valence-corrected chi connectivity index (χ0v) is 20.7. The summed E-state index contributed by atoms with van der Waals surface area (Å²) in [6.07, 6.45) is 8.15. The van der Waals surface area contributed by atoms with Gasteiger partial charge in [0.25, 0.3) is 5.89 Å². The summed E-state index contributed by atoms with van der Waals surface area (Å²) in [5.74, 6) is 1.06. The second-order valence-corrected chi connectivity index (χ2v) is 9.36. The van der Waals surface area contributed by atoms with Crippen LogP contribution in [0.2, 0.25) is 0 Å². The first-order valence-corrected chi connectivity index (χ1v) is 12.4. The van der Waals surface area contributed by atoms with E-state index in [0.717, 1.165) is 46.7 Å². The first-order valence-electron chi connectivity index (χ1n) is 12.4. The van der Waals surface area contributed by atoms with Crippen LogP contribution < -0.4 is 15.9 Å². The number of aryl methyl sites for hydroxylation is 1. The van der Waals surface area contributed by atoms with E-state index in [4.69, 9.17) is 13.9 Å². The third-order valence-corrected chi connectivity index (χ3v) is 6.49. The minimum absolute atomic E-state index is 0.0462. The highest BCUT2D eigenvalue weighted by molar-refractivity contribution is 5.86. The molecular weight excluding hydrogens is 444 g/mol. The molecule has 0 saturated heterocycles. The van der Waals surface area contributed by atoms with Crippen molar-refractivity contribution in [2.24, 2.45) is 0 Å². The van der Waals surface area contributed by atoms with Gasteiger partial charge < -0.3 is 18.5 Å². The average Bonchev–Trinajstić information content (AvgIpc) is 3.34. The van der Waals surface area contributed by atoms with E-state index in [2.05, 4.69) is 32.2 Å². The Balaban J connectivity index is 1.65. The number of nitrogens with zero attached hydrogens (tertiary/aromatic N) is 3. The number of carbonyl (C=O) groups is 1. The van der Waals surface area contributed by atoms with E-state index in [1.807, 2.05) is 52.0 Å². The average molecular weight is 477 g/mol. The van der Waals surface area contributed by atoms with Crippen LogP contribution in [0.5, 0.6) is 0 Å².